The Morgan fingerprint density at radius 3 is 2.23 bits per heavy atom. The quantitative estimate of drug-likeness (QED) is 0.224. The Bertz CT molecular complexity index is 1580. The number of nitrogens with one attached hydrogen (secondary N) is 1. The van der Waals surface area contributed by atoms with Crippen LogP contribution in [0.1, 0.15) is 67.8 Å². The Morgan fingerprint density at radius 2 is 1.59 bits per heavy atom. The van der Waals surface area contributed by atoms with Gasteiger partial charge in [-0.05, 0) is 62.9 Å². The summed E-state index contributed by atoms with van der Waals surface area (Å²) >= 11 is 7.40. The number of pyridine rings is 1. The summed E-state index contributed by atoms with van der Waals surface area (Å²) < 4.78 is 10.4. The third-order valence-corrected chi connectivity index (χ3v) is 7.98. The molecule has 1 amide bonds. The number of esters is 2. The van der Waals surface area contributed by atoms with Crippen LogP contribution in [0.3, 0.4) is 0 Å². The van der Waals surface area contributed by atoms with Crippen LogP contribution >= 0.6 is 22.9 Å². The second kappa shape index (κ2) is 12.0. The number of hydrogen-bond acceptors (Lipinski definition) is 7. The van der Waals surface area contributed by atoms with Crippen molar-refractivity contribution in [1.29, 1.82) is 0 Å². The number of benzene rings is 2. The van der Waals surface area contributed by atoms with Crippen LogP contribution < -0.4 is 5.32 Å². The van der Waals surface area contributed by atoms with Gasteiger partial charge in [0.25, 0.3) is 5.91 Å². The first-order valence-corrected chi connectivity index (χ1v) is 13.9. The topological polar surface area (TPSA) is 94.6 Å². The highest BCUT2D eigenvalue weighted by Crippen LogP contribution is 2.36. The second-order valence-corrected chi connectivity index (χ2v) is 10.3. The highest BCUT2D eigenvalue weighted by molar-refractivity contribution is 7.18. The van der Waals surface area contributed by atoms with E-state index in [2.05, 4.69) is 12.2 Å². The van der Waals surface area contributed by atoms with Crippen LogP contribution in [-0.4, -0.2) is 36.0 Å². The van der Waals surface area contributed by atoms with Gasteiger partial charge in [0.15, 0.2) is 0 Å². The van der Waals surface area contributed by atoms with Crippen molar-refractivity contribution >= 4 is 56.7 Å². The van der Waals surface area contributed by atoms with Gasteiger partial charge in [0.1, 0.15) is 9.88 Å². The van der Waals surface area contributed by atoms with Gasteiger partial charge in [-0.25, -0.2) is 14.6 Å². The van der Waals surface area contributed by atoms with E-state index < -0.39 is 17.8 Å². The molecule has 4 rings (SSSR count). The van der Waals surface area contributed by atoms with E-state index >= 15 is 0 Å². The summed E-state index contributed by atoms with van der Waals surface area (Å²) in [6.45, 7) is 9.29. The number of rotatable bonds is 8. The molecule has 0 radical (unpaired) electrons. The molecular weight excluding hydrogens is 536 g/mol. The zero-order valence-corrected chi connectivity index (χ0v) is 24.0. The standard InChI is InChI=1S/C30H29ClN2O5S/c1-6-18-9-11-19(12-10-18)23-15-21(20-13-14-22(31)16(4)25(20)32-23)27(34)33-28-24(29(35)37-7-2)17(5)26(39-28)30(36)38-8-3/h9-15H,6-8H2,1-5H3,(H,33,34). The maximum absolute atomic E-state index is 13.8. The third kappa shape index (κ3) is 5.67. The van der Waals surface area contributed by atoms with E-state index in [1.807, 2.05) is 31.2 Å². The van der Waals surface area contributed by atoms with E-state index in [0.29, 0.717) is 32.7 Å². The number of halogens is 1. The molecule has 0 fully saturated rings. The van der Waals surface area contributed by atoms with Crippen LogP contribution in [0.2, 0.25) is 5.02 Å². The normalized spacial score (nSPS) is 10.9. The first kappa shape index (κ1) is 28.3. The Kier molecular flexibility index (Phi) is 8.67. The molecule has 202 valence electrons. The molecule has 0 aliphatic rings. The molecule has 0 saturated carbocycles. The predicted molar refractivity (Wildman–Crippen MR) is 155 cm³/mol. The molecular formula is C30H29ClN2O5S. The average Bonchev–Trinajstić information content (AvgIpc) is 3.26. The Labute approximate surface area is 236 Å². The molecule has 0 unspecified atom stereocenters. The molecule has 0 aliphatic heterocycles. The summed E-state index contributed by atoms with van der Waals surface area (Å²) in [4.78, 5) is 44.3. The fourth-order valence-electron chi connectivity index (χ4n) is 4.26. The lowest BCUT2D eigenvalue weighted by Crippen LogP contribution is -2.16. The second-order valence-electron chi connectivity index (χ2n) is 8.83. The lowest BCUT2D eigenvalue weighted by atomic mass is 10.0. The Morgan fingerprint density at radius 1 is 0.923 bits per heavy atom. The minimum absolute atomic E-state index is 0.131. The Hall–Kier alpha value is -3.75. The van der Waals surface area contributed by atoms with E-state index in [1.54, 1.807) is 39.0 Å². The third-order valence-electron chi connectivity index (χ3n) is 6.39. The molecule has 9 heteroatoms. The molecule has 39 heavy (non-hydrogen) atoms. The number of aryl methyl sites for hydroxylation is 2. The molecule has 0 spiro atoms. The fourth-order valence-corrected chi connectivity index (χ4v) is 5.50. The van der Waals surface area contributed by atoms with Crippen molar-refractivity contribution in [2.45, 2.75) is 41.0 Å². The Balaban J connectivity index is 1.85. The lowest BCUT2D eigenvalue weighted by molar-refractivity contribution is 0.0527. The summed E-state index contributed by atoms with van der Waals surface area (Å²) in [5, 5.41) is 4.22. The van der Waals surface area contributed by atoms with E-state index in [4.69, 9.17) is 26.1 Å². The van der Waals surface area contributed by atoms with Crippen molar-refractivity contribution in [1.82, 2.24) is 4.98 Å². The SMILES string of the molecule is CCOC(=O)c1sc(NC(=O)c2cc(-c3ccc(CC)cc3)nc3c(C)c(Cl)ccc23)c(C(=O)OCC)c1C. The van der Waals surface area contributed by atoms with Gasteiger partial charge in [0.2, 0.25) is 0 Å². The van der Waals surface area contributed by atoms with Crippen LogP contribution in [0.5, 0.6) is 0 Å². The zero-order valence-electron chi connectivity index (χ0n) is 22.4. The van der Waals surface area contributed by atoms with Crippen LogP contribution in [-0.2, 0) is 15.9 Å². The number of amides is 1. The van der Waals surface area contributed by atoms with Crippen molar-refractivity contribution in [3.8, 4) is 11.3 Å². The number of anilines is 1. The molecule has 2 aromatic heterocycles. The molecule has 4 aromatic rings. The van der Waals surface area contributed by atoms with Gasteiger partial charge in [-0.15, -0.1) is 11.3 Å². The number of ether oxygens (including phenoxy) is 2. The maximum atomic E-state index is 13.8. The van der Waals surface area contributed by atoms with Crippen molar-refractivity contribution in [3.05, 3.63) is 80.2 Å². The van der Waals surface area contributed by atoms with Gasteiger partial charge >= 0.3 is 11.9 Å². The smallest absolute Gasteiger partial charge is 0.348 e. The minimum Gasteiger partial charge on any atom is -0.462 e. The molecule has 0 saturated heterocycles. The van der Waals surface area contributed by atoms with Crippen LogP contribution in [0, 0.1) is 13.8 Å². The summed E-state index contributed by atoms with van der Waals surface area (Å²) in [6, 6.07) is 13.2. The minimum atomic E-state index is -0.629. The van der Waals surface area contributed by atoms with Crippen molar-refractivity contribution in [2.75, 3.05) is 18.5 Å². The largest absolute Gasteiger partial charge is 0.462 e. The van der Waals surface area contributed by atoms with E-state index in [1.165, 1.54) is 5.56 Å². The molecule has 0 atom stereocenters. The van der Waals surface area contributed by atoms with Gasteiger partial charge in [-0.2, -0.15) is 0 Å². The van der Waals surface area contributed by atoms with Crippen LogP contribution in [0.15, 0.2) is 42.5 Å². The number of aromatic nitrogens is 1. The summed E-state index contributed by atoms with van der Waals surface area (Å²) in [5.41, 5.74) is 4.88. The molecule has 0 bridgehead atoms. The van der Waals surface area contributed by atoms with Gasteiger partial charge in [-0.1, -0.05) is 48.9 Å². The van der Waals surface area contributed by atoms with Crippen LogP contribution in [0.25, 0.3) is 22.2 Å². The molecule has 2 heterocycles. The number of thiophene rings is 1. The summed E-state index contributed by atoms with van der Waals surface area (Å²) in [5.74, 6) is -1.66. The molecule has 2 aromatic carbocycles. The zero-order chi connectivity index (χ0) is 28.3. The first-order chi connectivity index (χ1) is 18.7. The molecule has 0 aliphatic carbocycles. The highest BCUT2D eigenvalue weighted by atomic mass is 35.5. The molecule has 7 nitrogen and oxygen atoms in total. The van der Waals surface area contributed by atoms with E-state index in [-0.39, 0.29) is 28.7 Å². The number of nitrogens with zero attached hydrogens (tertiary/aromatic N) is 1. The summed E-state index contributed by atoms with van der Waals surface area (Å²) in [6.07, 6.45) is 0.907. The highest BCUT2D eigenvalue weighted by Gasteiger charge is 2.28. The lowest BCUT2D eigenvalue weighted by Gasteiger charge is -2.13. The summed E-state index contributed by atoms with van der Waals surface area (Å²) in [7, 11) is 0. The van der Waals surface area contributed by atoms with Gasteiger partial charge in [0, 0.05) is 16.0 Å². The van der Waals surface area contributed by atoms with E-state index in [9.17, 15) is 14.4 Å². The average molecular weight is 565 g/mol. The number of carbonyl (C=O) groups is 3. The van der Waals surface area contributed by atoms with E-state index in [0.717, 1.165) is 28.9 Å². The van der Waals surface area contributed by atoms with Gasteiger partial charge in [-0.3, -0.25) is 4.79 Å². The van der Waals surface area contributed by atoms with Crippen molar-refractivity contribution in [2.24, 2.45) is 0 Å². The first-order valence-electron chi connectivity index (χ1n) is 12.7. The van der Waals surface area contributed by atoms with Crippen molar-refractivity contribution in [3.63, 3.8) is 0 Å². The number of hydrogen-bond donors (Lipinski definition) is 1. The van der Waals surface area contributed by atoms with Crippen molar-refractivity contribution < 1.29 is 23.9 Å². The van der Waals surface area contributed by atoms with Gasteiger partial charge in [0.05, 0.1) is 35.6 Å². The predicted octanol–water partition coefficient (Wildman–Crippen LogP) is 7.40. The van der Waals surface area contributed by atoms with Crippen LogP contribution in [0.4, 0.5) is 5.00 Å². The fraction of sp³-hybridized carbons (Fsp3) is 0.267. The monoisotopic (exact) mass is 564 g/mol. The number of carbonyl (C=O) groups excluding carboxylic acids is 3. The maximum Gasteiger partial charge on any atom is 0.348 e. The number of fused-ring (bicyclic) bond motifs is 1. The molecule has 1 N–H and O–H groups in total. The van der Waals surface area contributed by atoms with Gasteiger partial charge < -0.3 is 14.8 Å².